The number of ether oxygens (including phenoxy) is 1. The summed E-state index contributed by atoms with van der Waals surface area (Å²) in [5, 5.41) is 13.3. The van der Waals surface area contributed by atoms with E-state index in [4.69, 9.17) is 10.5 Å². The first kappa shape index (κ1) is 23.9. The number of nitrogens with one attached hydrogen (secondary N) is 1. The van der Waals surface area contributed by atoms with Crippen LogP contribution in [0.15, 0.2) is 29.3 Å². The molecule has 1 heterocycles. The van der Waals surface area contributed by atoms with Crippen LogP contribution in [0.25, 0.3) is 0 Å². The average molecular weight is 479 g/mol. The molecule has 1 aromatic carbocycles. The van der Waals surface area contributed by atoms with Gasteiger partial charge < -0.3 is 20.7 Å². The van der Waals surface area contributed by atoms with Gasteiger partial charge in [-0.1, -0.05) is 12.1 Å². The van der Waals surface area contributed by atoms with Crippen molar-refractivity contribution < 1.29 is 9.53 Å². The zero-order valence-electron chi connectivity index (χ0n) is 21.2. The molecule has 8 nitrogen and oxygen atoms in total. The molecule has 4 aliphatic carbocycles. The Balaban J connectivity index is 1.29. The molecule has 1 saturated heterocycles. The lowest BCUT2D eigenvalue weighted by Crippen LogP contribution is -2.66. The highest BCUT2D eigenvalue weighted by Crippen LogP contribution is 2.60. The van der Waals surface area contributed by atoms with E-state index in [1.165, 1.54) is 0 Å². The van der Waals surface area contributed by atoms with Crippen molar-refractivity contribution in [3.8, 4) is 11.9 Å². The highest BCUT2D eigenvalue weighted by Gasteiger charge is 2.58. The van der Waals surface area contributed by atoms with E-state index in [0.717, 1.165) is 75.6 Å². The molecule has 35 heavy (non-hydrogen) atoms. The summed E-state index contributed by atoms with van der Waals surface area (Å²) in [6.07, 6.45) is 7.03. The van der Waals surface area contributed by atoms with Crippen molar-refractivity contribution in [1.29, 1.82) is 5.26 Å². The highest BCUT2D eigenvalue weighted by atomic mass is 16.5. The lowest BCUT2D eigenvalue weighted by atomic mass is 9.47. The number of primary amides is 1. The fourth-order valence-corrected chi connectivity index (χ4v) is 7.66. The summed E-state index contributed by atoms with van der Waals surface area (Å²) in [6, 6.07) is 8.40. The summed E-state index contributed by atoms with van der Waals surface area (Å²) in [4.78, 5) is 21.4. The Hall–Kier alpha value is -2.79. The predicted molar refractivity (Wildman–Crippen MR) is 136 cm³/mol. The molecule has 4 bridgehead atoms. The summed E-state index contributed by atoms with van der Waals surface area (Å²) < 4.78 is 5.57. The Labute approximate surface area is 208 Å². The van der Waals surface area contributed by atoms with Crippen molar-refractivity contribution in [3.63, 3.8) is 0 Å². The maximum atomic E-state index is 12.3. The predicted octanol–water partition coefficient (Wildman–Crippen LogP) is 2.75. The number of methoxy groups -OCH3 is 1. The Morgan fingerprint density at radius 3 is 2.43 bits per heavy atom. The van der Waals surface area contributed by atoms with Crippen molar-refractivity contribution in [1.82, 2.24) is 10.2 Å². The van der Waals surface area contributed by atoms with Gasteiger partial charge in [0.2, 0.25) is 12.1 Å². The van der Waals surface area contributed by atoms with E-state index in [9.17, 15) is 10.1 Å². The van der Waals surface area contributed by atoms with E-state index in [1.54, 1.807) is 7.11 Å². The Morgan fingerprint density at radius 1 is 1.17 bits per heavy atom. The van der Waals surface area contributed by atoms with E-state index in [-0.39, 0.29) is 17.4 Å². The van der Waals surface area contributed by atoms with E-state index in [2.05, 4.69) is 46.2 Å². The minimum absolute atomic E-state index is 0.116. The van der Waals surface area contributed by atoms with E-state index in [0.29, 0.717) is 17.8 Å². The number of hydrogen-bond acceptors (Lipinski definition) is 6. The minimum Gasteiger partial charge on any atom is -0.495 e. The third kappa shape index (κ3) is 4.14. The zero-order chi connectivity index (χ0) is 24.8. The van der Waals surface area contributed by atoms with Gasteiger partial charge in [-0.3, -0.25) is 9.69 Å². The maximum Gasteiger partial charge on any atom is 0.223 e. The standard InChI is InChI=1S/C27H38N6O2/c1-26(2,33-10-8-32(9-11-33)21-6-4-5-7-22(21)35-3)25(30-17-28)31-23-19-12-18-13-20(23)16-27(14-18,15-19)24(29)34/h4-7,18-20,23H,8-16H2,1-3H3,(H2,29,34)(H,30,31). The molecule has 0 spiro atoms. The average Bonchev–Trinajstić information content (AvgIpc) is 2.85. The number of aliphatic imine (C=N–C) groups is 1. The first-order valence-corrected chi connectivity index (χ1v) is 12.9. The van der Waals surface area contributed by atoms with Crippen LogP contribution in [-0.2, 0) is 4.79 Å². The molecule has 1 aromatic rings. The minimum atomic E-state index is -0.404. The van der Waals surface area contributed by atoms with Gasteiger partial charge in [-0.05, 0) is 75.8 Å². The fourth-order valence-electron chi connectivity index (χ4n) is 7.66. The largest absolute Gasteiger partial charge is 0.495 e. The second-order valence-corrected chi connectivity index (χ2v) is 11.6. The van der Waals surface area contributed by atoms with Crippen LogP contribution < -0.4 is 20.7 Å². The van der Waals surface area contributed by atoms with Gasteiger partial charge in [0.05, 0.1) is 18.3 Å². The summed E-state index contributed by atoms with van der Waals surface area (Å²) in [6.45, 7) is 7.80. The second-order valence-electron chi connectivity index (χ2n) is 11.6. The number of nitrogens with two attached hydrogens (primary N) is 1. The number of carbonyl (C=O) groups is 1. The first-order chi connectivity index (χ1) is 16.8. The van der Waals surface area contributed by atoms with Gasteiger partial charge in [-0.15, -0.1) is 0 Å². The third-order valence-electron chi connectivity index (χ3n) is 9.34. The molecule has 0 aromatic heterocycles. The van der Waals surface area contributed by atoms with Crippen LogP contribution in [0.5, 0.6) is 5.75 Å². The van der Waals surface area contributed by atoms with Gasteiger partial charge in [0.1, 0.15) is 11.6 Å². The fraction of sp³-hybridized carbons (Fsp3) is 0.667. The Kier molecular flexibility index (Phi) is 6.16. The molecule has 6 rings (SSSR count). The van der Waals surface area contributed by atoms with Crippen LogP contribution in [0, 0.1) is 34.6 Å². The molecule has 8 heteroatoms. The van der Waals surface area contributed by atoms with Crippen LogP contribution in [0.3, 0.4) is 0 Å². The molecule has 188 valence electrons. The molecule has 3 N–H and O–H groups in total. The van der Waals surface area contributed by atoms with Crippen molar-refractivity contribution >= 4 is 17.4 Å². The van der Waals surface area contributed by atoms with Crippen LogP contribution >= 0.6 is 0 Å². The van der Waals surface area contributed by atoms with E-state index < -0.39 is 5.54 Å². The monoisotopic (exact) mass is 478 g/mol. The van der Waals surface area contributed by atoms with E-state index >= 15 is 0 Å². The van der Waals surface area contributed by atoms with Crippen molar-refractivity contribution in [2.24, 2.45) is 33.9 Å². The van der Waals surface area contributed by atoms with Gasteiger partial charge in [-0.2, -0.15) is 10.3 Å². The number of para-hydroxylation sites is 2. The van der Waals surface area contributed by atoms with Crippen molar-refractivity contribution in [2.75, 3.05) is 38.2 Å². The number of amides is 1. The summed E-state index contributed by atoms with van der Waals surface area (Å²) in [7, 11) is 1.71. The highest BCUT2D eigenvalue weighted by molar-refractivity contribution is 5.92. The van der Waals surface area contributed by atoms with Gasteiger partial charge in [0, 0.05) is 37.6 Å². The molecular formula is C27H38N6O2. The lowest BCUT2D eigenvalue weighted by molar-refractivity contribution is -0.145. The number of nitrogens with zero attached hydrogens (tertiary/aromatic N) is 4. The molecule has 0 radical (unpaired) electrons. The SMILES string of the molecule is COc1ccccc1N1CCN(C(C)(C)/C(=N\C#N)NC2C3CC4CC2CC(C(N)=O)(C4)C3)CC1. The summed E-state index contributed by atoms with van der Waals surface area (Å²) >= 11 is 0. The van der Waals surface area contributed by atoms with Gasteiger partial charge >= 0.3 is 0 Å². The molecule has 2 unspecified atom stereocenters. The second kappa shape index (κ2) is 9.02. The summed E-state index contributed by atoms with van der Waals surface area (Å²) in [5.74, 6) is 2.95. The summed E-state index contributed by atoms with van der Waals surface area (Å²) in [5.41, 5.74) is 6.28. The quantitative estimate of drug-likeness (QED) is 0.370. The number of anilines is 1. The van der Waals surface area contributed by atoms with Crippen LogP contribution in [0.1, 0.15) is 46.0 Å². The molecule has 1 amide bonds. The maximum absolute atomic E-state index is 12.3. The van der Waals surface area contributed by atoms with Crippen LogP contribution in [0.2, 0.25) is 0 Å². The molecule has 1 aliphatic heterocycles. The van der Waals surface area contributed by atoms with Crippen LogP contribution in [0.4, 0.5) is 5.69 Å². The topological polar surface area (TPSA) is 107 Å². The third-order valence-corrected chi connectivity index (χ3v) is 9.34. The van der Waals surface area contributed by atoms with Crippen LogP contribution in [-0.4, -0.2) is 61.5 Å². The van der Waals surface area contributed by atoms with Gasteiger partial charge in [0.15, 0.2) is 0 Å². The number of piperazine rings is 1. The normalized spacial score (nSPS) is 32.9. The first-order valence-electron chi connectivity index (χ1n) is 12.9. The molecule has 2 atom stereocenters. The molecular weight excluding hydrogens is 440 g/mol. The number of benzene rings is 1. The number of rotatable bonds is 6. The molecule has 5 fully saturated rings. The molecule has 4 saturated carbocycles. The number of amidine groups is 1. The van der Waals surface area contributed by atoms with Gasteiger partial charge in [0.25, 0.3) is 0 Å². The van der Waals surface area contributed by atoms with E-state index in [1.807, 2.05) is 18.2 Å². The number of nitriles is 1. The van der Waals surface area contributed by atoms with Crippen molar-refractivity contribution in [3.05, 3.63) is 24.3 Å². The zero-order valence-corrected chi connectivity index (χ0v) is 21.2. The molecule has 5 aliphatic rings. The Bertz CT molecular complexity index is 1020. The lowest BCUT2D eigenvalue weighted by Gasteiger charge is -2.59. The smallest absolute Gasteiger partial charge is 0.223 e. The number of hydrogen-bond donors (Lipinski definition) is 2. The Morgan fingerprint density at radius 2 is 1.83 bits per heavy atom. The van der Waals surface area contributed by atoms with Crippen molar-refractivity contribution in [2.45, 2.75) is 57.5 Å². The van der Waals surface area contributed by atoms with Gasteiger partial charge in [-0.25, -0.2) is 0 Å². The number of carbonyl (C=O) groups excluding carboxylic acids is 1.